The second kappa shape index (κ2) is 10.7. The van der Waals surface area contributed by atoms with Crippen molar-refractivity contribution in [1.29, 1.82) is 0 Å². The van der Waals surface area contributed by atoms with Crippen LogP contribution in [0.1, 0.15) is 36.3 Å². The third-order valence-electron chi connectivity index (χ3n) is 5.80. The number of carbonyl (C=O) groups excluding carboxylic acids is 2. The molecular formula is C22H30N6O8+2. The highest BCUT2D eigenvalue weighted by Crippen LogP contribution is 2.26. The second-order valence-corrected chi connectivity index (χ2v) is 9.05. The summed E-state index contributed by atoms with van der Waals surface area (Å²) in [6.07, 6.45) is 5.07. The molecule has 0 saturated carbocycles. The summed E-state index contributed by atoms with van der Waals surface area (Å²) < 4.78 is 20.3. The molecule has 0 fully saturated rings. The van der Waals surface area contributed by atoms with Gasteiger partial charge in [0.2, 0.25) is 0 Å². The first kappa shape index (κ1) is 25.6. The number of aromatic nitrogens is 4. The molecule has 14 heteroatoms. The molecule has 0 aliphatic carbocycles. The summed E-state index contributed by atoms with van der Waals surface area (Å²) in [5.74, 6) is -0.692. The average Bonchev–Trinajstić information content (AvgIpc) is 3.49. The first-order valence-electron chi connectivity index (χ1n) is 11.4. The van der Waals surface area contributed by atoms with Crippen molar-refractivity contribution in [3.8, 4) is 0 Å². The molecule has 0 saturated heterocycles. The summed E-state index contributed by atoms with van der Waals surface area (Å²) in [6.45, 7) is 1.90. The van der Waals surface area contributed by atoms with E-state index in [1.807, 2.05) is 12.2 Å². The van der Waals surface area contributed by atoms with E-state index in [-0.39, 0.29) is 35.6 Å². The lowest BCUT2D eigenvalue weighted by molar-refractivity contribution is -1.07. The van der Waals surface area contributed by atoms with Gasteiger partial charge in [0.1, 0.15) is 53.5 Å². The molecule has 2 aromatic rings. The Hall–Kier alpha value is -3.46. The van der Waals surface area contributed by atoms with Gasteiger partial charge < -0.3 is 18.5 Å². The van der Waals surface area contributed by atoms with Crippen LogP contribution in [0.2, 0.25) is 0 Å². The number of likely N-dealkylation sites (N-methyl/N-ethyl adjacent to an activating group) is 2. The fraction of sp³-hybridized carbons (Fsp3) is 0.545. The van der Waals surface area contributed by atoms with Crippen LogP contribution in [0.25, 0.3) is 11.1 Å². The highest BCUT2D eigenvalue weighted by molar-refractivity contribution is 6.29. The molecule has 0 radical (unpaired) electrons. The van der Waals surface area contributed by atoms with E-state index in [9.17, 15) is 9.59 Å². The zero-order chi connectivity index (χ0) is 25.8. The summed E-state index contributed by atoms with van der Waals surface area (Å²) >= 11 is 0. The maximum absolute atomic E-state index is 12.7. The predicted octanol–water partition coefficient (Wildman–Crippen LogP) is 0.829. The highest BCUT2D eigenvalue weighted by atomic mass is 16.8. The van der Waals surface area contributed by atoms with Crippen molar-refractivity contribution in [2.45, 2.75) is 26.1 Å². The Morgan fingerprint density at radius 3 is 1.61 bits per heavy atom. The molecule has 194 valence electrons. The van der Waals surface area contributed by atoms with Crippen LogP contribution in [0, 0.1) is 0 Å². The normalized spacial score (nSPS) is 24.1. The van der Waals surface area contributed by atoms with Crippen LogP contribution >= 0.6 is 0 Å². The number of nitrogens with zero attached hydrogens (tertiary/aromatic N) is 6. The molecule has 2 atom stereocenters. The molecule has 2 unspecified atom stereocenters. The smallest absolute Gasteiger partial charge is 0.377 e. The van der Waals surface area contributed by atoms with Crippen LogP contribution in [0.5, 0.6) is 0 Å². The van der Waals surface area contributed by atoms with E-state index >= 15 is 0 Å². The molecule has 36 heavy (non-hydrogen) atoms. The molecule has 0 N–H and O–H groups in total. The molecular weight excluding hydrogens is 476 g/mol. The van der Waals surface area contributed by atoms with Crippen LogP contribution < -0.4 is 0 Å². The number of hydroxylamine groups is 6. The first-order chi connectivity index (χ1) is 17.2. The van der Waals surface area contributed by atoms with Crippen molar-refractivity contribution in [2.75, 3.05) is 54.5 Å². The molecule has 2 aliphatic rings. The molecule has 0 amide bonds. The van der Waals surface area contributed by atoms with Gasteiger partial charge in [-0.3, -0.25) is 9.68 Å². The van der Waals surface area contributed by atoms with E-state index in [0.717, 1.165) is 11.1 Å². The van der Waals surface area contributed by atoms with Gasteiger partial charge in [-0.15, -0.1) is 9.29 Å². The standard InChI is InChI=1S/C22H30N6O8/c1-27(9-5-7-15(11-27)19-23-17(13-31-3)25-33-19)35-21(29)22(30)36-28(2)10-6-8-16(12-28)20-24-18(14-32-4)26-34-20/h7-8H,5-6,9-14H2,1-4H3/q+2. The average molecular weight is 507 g/mol. The third-order valence-corrected chi connectivity index (χ3v) is 5.80. The van der Waals surface area contributed by atoms with Crippen molar-refractivity contribution < 1.29 is 47.1 Å². The number of ether oxygens (including phenoxy) is 2. The molecule has 2 aliphatic heterocycles. The Bertz CT molecular complexity index is 1080. The molecule has 2 aromatic heterocycles. The Balaban J connectivity index is 1.35. The van der Waals surface area contributed by atoms with Crippen LogP contribution in [-0.4, -0.2) is 96.0 Å². The number of carbonyl (C=O) groups is 2. The molecule has 0 bridgehead atoms. The first-order valence-corrected chi connectivity index (χ1v) is 11.4. The Morgan fingerprint density at radius 2 is 1.22 bits per heavy atom. The number of methoxy groups -OCH3 is 2. The zero-order valence-corrected chi connectivity index (χ0v) is 20.8. The number of hydrogen-bond acceptors (Lipinski definition) is 12. The van der Waals surface area contributed by atoms with Gasteiger partial charge in [0.25, 0.3) is 11.8 Å². The summed E-state index contributed by atoms with van der Waals surface area (Å²) in [5, 5.41) is 7.72. The molecule has 0 spiro atoms. The Labute approximate surface area is 207 Å². The van der Waals surface area contributed by atoms with E-state index in [1.165, 1.54) is 14.2 Å². The Morgan fingerprint density at radius 1 is 0.806 bits per heavy atom. The third kappa shape index (κ3) is 6.02. The second-order valence-electron chi connectivity index (χ2n) is 9.05. The van der Waals surface area contributed by atoms with Gasteiger partial charge >= 0.3 is 11.9 Å². The fourth-order valence-corrected chi connectivity index (χ4v) is 4.12. The molecule has 14 nitrogen and oxygen atoms in total. The maximum atomic E-state index is 12.7. The van der Waals surface area contributed by atoms with Gasteiger partial charge in [-0.25, -0.2) is 9.59 Å². The maximum Gasteiger partial charge on any atom is 0.480 e. The minimum Gasteiger partial charge on any atom is -0.377 e. The highest BCUT2D eigenvalue weighted by Gasteiger charge is 2.41. The van der Waals surface area contributed by atoms with Crippen molar-refractivity contribution in [3.63, 3.8) is 0 Å². The van der Waals surface area contributed by atoms with Crippen molar-refractivity contribution in [1.82, 2.24) is 20.3 Å². The van der Waals surface area contributed by atoms with E-state index in [0.29, 0.717) is 49.4 Å². The van der Waals surface area contributed by atoms with E-state index in [4.69, 9.17) is 28.2 Å². The molecule has 4 heterocycles. The van der Waals surface area contributed by atoms with E-state index < -0.39 is 11.9 Å². The topological polar surface area (TPSA) is 149 Å². The van der Waals surface area contributed by atoms with Crippen molar-refractivity contribution >= 4 is 23.1 Å². The number of rotatable bonds is 8. The summed E-state index contributed by atoms with van der Waals surface area (Å²) in [6, 6.07) is 0. The van der Waals surface area contributed by atoms with E-state index in [2.05, 4.69) is 20.3 Å². The number of hydrogen-bond donors (Lipinski definition) is 0. The van der Waals surface area contributed by atoms with Gasteiger partial charge in [0.05, 0.1) is 11.1 Å². The van der Waals surface area contributed by atoms with Gasteiger partial charge in [-0.05, 0) is 0 Å². The number of quaternary nitrogens is 2. The predicted molar refractivity (Wildman–Crippen MR) is 119 cm³/mol. The van der Waals surface area contributed by atoms with Gasteiger partial charge in [-0.2, -0.15) is 9.97 Å². The lowest BCUT2D eigenvalue weighted by Gasteiger charge is -2.34. The summed E-state index contributed by atoms with van der Waals surface area (Å²) in [4.78, 5) is 45.1. The quantitative estimate of drug-likeness (QED) is 0.369. The Kier molecular flexibility index (Phi) is 7.59. The van der Waals surface area contributed by atoms with Crippen LogP contribution in [0.3, 0.4) is 0 Å². The van der Waals surface area contributed by atoms with Gasteiger partial charge in [0, 0.05) is 27.1 Å². The van der Waals surface area contributed by atoms with Crippen molar-refractivity contribution in [2.24, 2.45) is 0 Å². The van der Waals surface area contributed by atoms with E-state index in [1.54, 1.807) is 14.1 Å². The van der Waals surface area contributed by atoms with Gasteiger partial charge in [-0.1, -0.05) is 22.5 Å². The zero-order valence-electron chi connectivity index (χ0n) is 20.8. The fourth-order valence-electron chi connectivity index (χ4n) is 4.12. The van der Waals surface area contributed by atoms with Gasteiger partial charge in [0.15, 0.2) is 11.6 Å². The SMILES string of the molecule is COCc1noc(C2=CCC[N+](C)(OC(=O)C(=O)O[N+]3(C)CCC=C(c4nc(COC)no4)C3)C2)n1. The van der Waals surface area contributed by atoms with Crippen molar-refractivity contribution in [3.05, 3.63) is 35.6 Å². The molecule has 0 aromatic carbocycles. The minimum absolute atomic E-state index is 0.166. The largest absolute Gasteiger partial charge is 0.480 e. The van der Waals surface area contributed by atoms with Crippen LogP contribution in [0.15, 0.2) is 21.2 Å². The summed E-state index contributed by atoms with van der Waals surface area (Å²) in [7, 11) is 6.48. The lowest BCUT2D eigenvalue weighted by Crippen LogP contribution is -2.53. The van der Waals surface area contributed by atoms with Crippen LogP contribution in [-0.2, 0) is 42.0 Å². The minimum atomic E-state index is -1.08. The lowest BCUT2D eigenvalue weighted by atomic mass is 10.1. The van der Waals surface area contributed by atoms with Crippen LogP contribution in [0.4, 0.5) is 0 Å². The molecule has 4 rings (SSSR count). The summed E-state index contributed by atoms with van der Waals surface area (Å²) in [5.41, 5.74) is 1.44. The monoisotopic (exact) mass is 506 g/mol.